The molecule has 0 saturated heterocycles. The molecule has 0 bridgehead atoms. The Bertz CT molecular complexity index is 1240. The van der Waals surface area contributed by atoms with E-state index in [2.05, 4.69) is 5.32 Å². The van der Waals surface area contributed by atoms with Crippen molar-refractivity contribution >= 4 is 46.7 Å². The molecule has 0 saturated carbocycles. The van der Waals surface area contributed by atoms with E-state index in [-0.39, 0.29) is 11.3 Å². The Balaban J connectivity index is 1.44. The van der Waals surface area contributed by atoms with Gasteiger partial charge in [0.15, 0.2) is 6.61 Å². The van der Waals surface area contributed by atoms with Crippen LogP contribution in [0.4, 0.5) is 11.4 Å². The van der Waals surface area contributed by atoms with Crippen molar-refractivity contribution in [2.24, 2.45) is 0 Å². The number of hydrogen-bond donors (Lipinski definition) is 1. The normalized spacial score (nSPS) is 12.5. The van der Waals surface area contributed by atoms with Gasteiger partial charge in [0.05, 0.1) is 22.4 Å². The SMILES string of the molecule is Cc1ccc(Cl)cc1NC(=O)COC(=O)c1cccc(N2C(=O)c3ccccc3C2=O)c1. The van der Waals surface area contributed by atoms with Gasteiger partial charge < -0.3 is 10.1 Å². The fourth-order valence-corrected chi connectivity index (χ4v) is 3.50. The van der Waals surface area contributed by atoms with Crippen molar-refractivity contribution < 1.29 is 23.9 Å². The first-order valence-electron chi connectivity index (χ1n) is 9.66. The summed E-state index contributed by atoms with van der Waals surface area (Å²) < 4.78 is 5.09. The first kappa shape index (κ1) is 21.3. The maximum absolute atomic E-state index is 12.7. The summed E-state index contributed by atoms with van der Waals surface area (Å²) in [5, 5.41) is 3.10. The van der Waals surface area contributed by atoms with Gasteiger partial charge in [0, 0.05) is 10.7 Å². The number of halogens is 1. The van der Waals surface area contributed by atoms with Gasteiger partial charge in [-0.05, 0) is 55.0 Å². The zero-order valence-electron chi connectivity index (χ0n) is 16.9. The molecular weight excluding hydrogens is 432 g/mol. The third-order valence-corrected chi connectivity index (χ3v) is 5.18. The van der Waals surface area contributed by atoms with E-state index in [0.717, 1.165) is 10.5 Å². The van der Waals surface area contributed by atoms with E-state index in [4.69, 9.17) is 16.3 Å². The number of nitrogens with one attached hydrogen (secondary N) is 1. The Kier molecular flexibility index (Phi) is 5.75. The van der Waals surface area contributed by atoms with Gasteiger partial charge >= 0.3 is 5.97 Å². The third kappa shape index (κ3) is 4.10. The minimum atomic E-state index is -0.763. The number of fused-ring (bicyclic) bond motifs is 1. The number of esters is 1. The van der Waals surface area contributed by atoms with Crippen molar-refractivity contribution in [2.45, 2.75) is 6.92 Å². The fraction of sp³-hybridized carbons (Fsp3) is 0.0833. The number of benzene rings is 3. The fourth-order valence-electron chi connectivity index (χ4n) is 3.33. The van der Waals surface area contributed by atoms with Crippen LogP contribution in [-0.2, 0) is 9.53 Å². The van der Waals surface area contributed by atoms with Crippen LogP contribution in [0.1, 0.15) is 36.6 Å². The van der Waals surface area contributed by atoms with E-state index in [1.165, 1.54) is 18.2 Å². The molecule has 32 heavy (non-hydrogen) atoms. The molecule has 3 amide bonds. The Morgan fingerprint density at radius 3 is 2.31 bits per heavy atom. The predicted molar refractivity (Wildman–Crippen MR) is 119 cm³/mol. The minimum Gasteiger partial charge on any atom is -0.452 e. The number of nitrogens with zero attached hydrogens (tertiary/aromatic N) is 1. The maximum Gasteiger partial charge on any atom is 0.338 e. The average Bonchev–Trinajstić information content (AvgIpc) is 3.05. The van der Waals surface area contributed by atoms with E-state index in [1.54, 1.807) is 48.5 Å². The number of amides is 3. The molecule has 0 aromatic heterocycles. The zero-order valence-corrected chi connectivity index (χ0v) is 17.7. The number of carbonyl (C=O) groups excluding carboxylic acids is 4. The van der Waals surface area contributed by atoms with Crippen LogP contribution in [0.2, 0.25) is 5.02 Å². The van der Waals surface area contributed by atoms with Crippen molar-refractivity contribution in [3.63, 3.8) is 0 Å². The molecule has 1 aliphatic heterocycles. The Hall–Kier alpha value is -3.97. The van der Waals surface area contributed by atoms with Crippen LogP contribution < -0.4 is 10.2 Å². The van der Waals surface area contributed by atoms with Crippen molar-refractivity contribution in [3.8, 4) is 0 Å². The lowest BCUT2D eigenvalue weighted by atomic mass is 10.1. The number of aryl methyl sites for hydroxylation is 1. The van der Waals surface area contributed by atoms with Gasteiger partial charge in [-0.15, -0.1) is 0 Å². The largest absolute Gasteiger partial charge is 0.452 e. The monoisotopic (exact) mass is 448 g/mol. The van der Waals surface area contributed by atoms with Gasteiger partial charge in [0.1, 0.15) is 0 Å². The van der Waals surface area contributed by atoms with Crippen LogP contribution in [0.25, 0.3) is 0 Å². The minimum absolute atomic E-state index is 0.103. The molecule has 8 heteroatoms. The summed E-state index contributed by atoms with van der Waals surface area (Å²) >= 11 is 5.94. The first-order chi connectivity index (χ1) is 15.3. The summed E-state index contributed by atoms with van der Waals surface area (Å²) in [5.41, 5.74) is 2.28. The second kappa shape index (κ2) is 8.64. The molecule has 160 valence electrons. The smallest absolute Gasteiger partial charge is 0.338 e. The summed E-state index contributed by atoms with van der Waals surface area (Å²) in [7, 11) is 0. The van der Waals surface area contributed by atoms with Crippen molar-refractivity contribution in [1.29, 1.82) is 0 Å². The van der Waals surface area contributed by atoms with E-state index < -0.39 is 30.3 Å². The molecular formula is C24H17ClN2O5. The number of anilines is 2. The molecule has 1 N–H and O–H groups in total. The summed E-state index contributed by atoms with van der Waals surface area (Å²) in [6, 6.07) is 17.5. The third-order valence-electron chi connectivity index (χ3n) is 4.94. The molecule has 1 aliphatic rings. The van der Waals surface area contributed by atoms with Crippen molar-refractivity contribution in [1.82, 2.24) is 0 Å². The molecule has 0 radical (unpaired) electrons. The van der Waals surface area contributed by atoms with Gasteiger partial charge in [0.2, 0.25) is 0 Å². The van der Waals surface area contributed by atoms with Crippen LogP contribution in [-0.4, -0.2) is 30.3 Å². The van der Waals surface area contributed by atoms with Crippen LogP contribution in [0.15, 0.2) is 66.7 Å². The Morgan fingerprint density at radius 2 is 1.62 bits per heavy atom. The number of imide groups is 1. The highest BCUT2D eigenvalue weighted by Crippen LogP contribution is 2.29. The number of carbonyl (C=O) groups is 4. The van der Waals surface area contributed by atoms with Gasteiger partial charge in [-0.3, -0.25) is 14.4 Å². The predicted octanol–water partition coefficient (Wildman–Crippen LogP) is 4.24. The Labute approximate surface area is 188 Å². The molecule has 7 nitrogen and oxygen atoms in total. The lowest BCUT2D eigenvalue weighted by Crippen LogP contribution is -2.29. The molecule has 3 aromatic rings. The van der Waals surface area contributed by atoms with E-state index in [0.29, 0.717) is 21.8 Å². The summed E-state index contributed by atoms with van der Waals surface area (Å²) in [4.78, 5) is 51.0. The molecule has 0 atom stereocenters. The van der Waals surface area contributed by atoms with Gasteiger partial charge in [-0.2, -0.15) is 0 Å². The zero-order chi connectivity index (χ0) is 22.8. The lowest BCUT2D eigenvalue weighted by Gasteiger charge is -2.15. The van der Waals surface area contributed by atoms with E-state index >= 15 is 0 Å². The lowest BCUT2D eigenvalue weighted by molar-refractivity contribution is -0.119. The maximum atomic E-state index is 12.7. The number of hydrogen-bond acceptors (Lipinski definition) is 5. The standard InChI is InChI=1S/C24H17ClN2O5/c1-14-9-10-16(25)12-20(14)26-21(28)13-32-24(31)15-5-4-6-17(11-15)27-22(29)18-7-2-3-8-19(18)23(27)30/h2-12H,13H2,1H3,(H,26,28). The molecule has 1 heterocycles. The van der Waals surface area contributed by atoms with Crippen LogP contribution >= 0.6 is 11.6 Å². The average molecular weight is 449 g/mol. The first-order valence-corrected chi connectivity index (χ1v) is 10.0. The second-order valence-corrected chi connectivity index (χ2v) is 7.56. The summed E-state index contributed by atoms with van der Waals surface area (Å²) in [5.74, 6) is -2.22. The molecule has 4 rings (SSSR count). The van der Waals surface area contributed by atoms with E-state index in [1.807, 2.05) is 6.92 Å². The molecule has 0 aliphatic carbocycles. The van der Waals surface area contributed by atoms with E-state index in [9.17, 15) is 19.2 Å². The molecule has 0 unspecified atom stereocenters. The van der Waals surface area contributed by atoms with Gasteiger partial charge in [-0.25, -0.2) is 9.69 Å². The highest BCUT2D eigenvalue weighted by atomic mass is 35.5. The summed E-state index contributed by atoms with van der Waals surface area (Å²) in [6.45, 7) is 1.30. The second-order valence-electron chi connectivity index (χ2n) is 7.13. The topological polar surface area (TPSA) is 92.8 Å². The van der Waals surface area contributed by atoms with Crippen molar-refractivity contribution in [3.05, 3.63) is 94.0 Å². The highest BCUT2D eigenvalue weighted by Gasteiger charge is 2.36. The number of rotatable bonds is 5. The number of ether oxygens (including phenoxy) is 1. The van der Waals surface area contributed by atoms with Crippen LogP contribution in [0, 0.1) is 6.92 Å². The van der Waals surface area contributed by atoms with Crippen LogP contribution in [0.3, 0.4) is 0 Å². The van der Waals surface area contributed by atoms with Crippen LogP contribution in [0.5, 0.6) is 0 Å². The quantitative estimate of drug-likeness (QED) is 0.465. The molecule has 3 aromatic carbocycles. The molecule has 0 spiro atoms. The Morgan fingerprint density at radius 1 is 0.938 bits per heavy atom. The van der Waals surface area contributed by atoms with Gasteiger partial charge in [-0.1, -0.05) is 35.9 Å². The van der Waals surface area contributed by atoms with Gasteiger partial charge in [0.25, 0.3) is 17.7 Å². The summed E-state index contributed by atoms with van der Waals surface area (Å²) in [6.07, 6.45) is 0. The van der Waals surface area contributed by atoms with Crippen molar-refractivity contribution in [2.75, 3.05) is 16.8 Å². The highest BCUT2D eigenvalue weighted by molar-refractivity contribution is 6.34. The molecule has 0 fully saturated rings.